The highest BCUT2D eigenvalue weighted by Gasteiger charge is 2.30. The van der Waals surface area contributed by atoms with Gasteiger partial charge in [-0.1, -0.05) is 30.3 Å². The van der Waals surface area contributed by atoms with Crippen molar-refractivity contribution in [3.8, 4) is 0 Å². The number of aliphatic hydroxyl groups excluding tert-OH is 1. The first kappa shape index (κ1) is 13.8. The molecule has 5 heteroatoms. The lowest BCUT2D eigenvalue weighted by molar-refractivity contribution is 0.134. The quantitative estimate of drug-likeness (QED) is 0.327. The van der Waals surface area contributed by atoms with E-state index in [1.165, 1.54) is 0 Å². The SMILES string of the molecule is CC1CCN(Cc2cccc(/C(N)=N/O)c2)C1CO. The maximum absolute atomic E-state index is 9.45. The van der Waals surface area contributed by atoms with Gasteiger partial charge >= 0.3 is 0 Å². The van der Waals surface area contributed by atoms with Crippen molar-refractivity contribution in [2.75, 3.05) is 13.2 Å². The summed E-state index contributed by atoms with van der Waals surface area (Å²) in [6, 6.07) is 7.88. The molecule has 0 bridgehead atoms. The van der Waals surface area contributed by atoms with Crippen LogP contribution in [0.4, 0.5) is 0 Å². The van der Waals surface area contributed by atoms with Gasteiger partial charge < -0.3 is 16.0 Å². The molecule has 0 saturated carbocycles. The molecule has 0 aliphatic carbocycles. The van der Waals surface area contributed by atoms with Gasteiger partial charge in [0.1, 0.15) is 0 Å². The number of nitrogens with zero attached hydrogens (tertiary/aromatic N) is 2. The van der Waals surface area contributed by atoms with Crippen LogP contribution in [0.3, 0.4) is 0 Å². The van der Waals surface area contributed by atoms with E-state index in [9.17, 15) is 5.11 Å². The molecule has 1 heterocycles. The van der Waals surface area contributed by atoms with Gasteiger partial charge in [0.2, 0.25) is 0 Å². The monoisotopic (exact) mass is 263 g/mol. The first-order valence-corrected chi connectivity index (χ1v) is 6.57. The Kier molecular flexibility index (Phi) is 4.39. The van der Waals surface area contributed by atoms with Gasteiger partial charge in [0, 0.05) is 18.2 Å². The third-order valence-corrected chi connectivity index (χ3v) is 3.90. The Hall–Kier alpha value is -1.59. The molecular weight excluding hydrogens is 242 g/mol. The van der Waals surface area contributed by atoms with E-state index in [2.05, 4.69) is 17.0 Å². The fourth-order valence-electron chi connectivity index (χ4n) is 2.70. The molecule has 1 aromatic carbocycles. The van der Waals surface area contributed by atoms with Gasteiger partial charge in [-0.15, -0.1) is 0 Å². The highest BCUT2D eigenvalue weighted by atomic mass is 16.4. The number of aliphatic hydroxyl groups is 1. The zero-order valence-corrected chi connectivity index (χ0v) is 11.2. The Morgan fingerprint density at radius 1 is 1.53 bits per heavy atom. The van der Waals surface area contributed by atoms with Crippen LogP contribution in [-0.4, -0.2) is 40.2 Å². The van der Waals surface area contributed by atoms with Crippen LogP contribution >= 0.6 is 0 Å². The largest absolute Gasteiger partial charge is 0.409 e. The highest BCUT2D eigenvalue weighted by Crippen LogP contribution is 2.25. The molecule has 0 amide bonds. The molecule has 2 unspecified atom stereocenters. The van der Waals surface area contributed by atoms with Crippen LogP contribution in [0.5, 0.6) is 0 Å². The third kappa shape index (κ3) is 3.05. The number of rotatable bonds is 4. The van der Waals surface area contributed by atoms with Crippen molar-refractivity contribution in [3.63, 3.8) is 0 Å². The average Bonchev–Trinajstić information content (AvgIpc) is 2.78. The number of hydrogen-bond acceptors (Lipinski definition) is 4. The molecule has 1 saturated heterocycles. The van der Waals surface area contributed by atoms with E-state index < -0.39 is 0 Å². The minimum Gasteiger partial charge on any atom is -0.409 e. The molecule has 104 valence electrons. The Morgan fingerprint density at radius 3 is 3.00 bits per heavy atom. The Bertz CT molecular complexity index is 462. The number of oxime groups is 1. The predicted molar refractivity (Wildman–Crippen MR) is 74.0 cm³/mol. The summed E-state index contributed by atoms with van der Waals surface area (Å²) in [6.45, 7) is 4.15. The van der Waals surface area contributed by atoms with Crippen LogP contribution in [0.2, 0.25) is 0 Å². The van der Waals surface area contributed by atoms with Gasteiger partial charge in [-0.25, -0.2) is 0 Å². The van der Waals surface area contributed by atoms with E-state index in [0.29, 0.717) is 11.5 Å². The van der Waals surface area contributed by atoms with Crippen molar-refractivity contribution in [3.05, 3.63) is 35.4 Å². The number of amidine groups is 1. The third-order valence-electron chi connectivity index (χ3n) is 3.90. The second kappa shape index (κ2) is 6.04. The summed E-state index contributed by atoms with van der Waals surface area (Å²) < 4.78 is 0. The summed E-state index contributed by atoms with van der Waals surface area (Å²) >= 11 is 0. The minimum atomic E-state index is 0.121. The fraction of sp³-hybridized carbons (Fsp3) is 0.500. The predicted octanol–water partition coefficient (Wildman–Crippen LogP) is 0.984. The van der Waals surface area contributed by atoms with Gasteiger partial charge in [-0.3, -0.25) is 4.90 Å². The summed E-state index contributed by atoms with van der Waals surface area (Å²) in [5, 5.41) is 21.2. The molecule has 1 fully saturated rings. The zero-order chi connectivity index (χ0) is 13.8. The Morgan fingerprint density at radius 2 is 2.32 bits per heavy atom. The lowest BCUT2D eigenvalue weighted by Gasteiger charge is -2.25. The lowest BCUT2D eigenvalue weighted by Crippen LogP contribution is -2.34. The van der Waals surface area contributed by atoms with Crippen molar-refractivity contribution in [1.82, 2.24) is 4.90 Å². The molecule has 2 rings (SSSR count). The van der Waals surface area contributed by atoms with Gasteiger partial charge in [0.15, 0.2) is 5.84 Å². The van der Waals surface area contributed by atoms with Crippen molar-refractivity contribution in [2.24, 2.45) is 16.8 Å². The van der Waals surface area contributed by atoms with E-state index in [1.807, 2.05) is 24.3 Å². The Labute approximate surface area is 113 Å². The van der Waals surface area contributed by atoms with Crippen molar-refractivity contribution < 1.29 is 10.3 Å². The van der Waals surface area contributed by atoms with E-state index in [-0.39, 0.29) is 18.5 Å². The summed E-state index contributed by atoms with van der Waals surface area (Å²) in [6.07, 6.45) is 1.12. The number of likely N-dealkylation sites (tertiary alicyclic amines) is 1. The summed E-state index contributed by atoms with van der Waals surface area (Å²) in [7, 11) is 0. The molecule has 19 heavy (non-hydrogen) atoms. The normalized spacial score (nSPS) is 24.8. The Balaban J connectivity index is 2.11. The van der Waals surface area contributed by atoms with E-state index in [4.69, 9.17) is 10.9 Å². The lowest BCUT2D eigenvalue weighted by atomic mass is 10.0. The van der Waals surface area contributed by atoms with Crippen molar-refractivity contribution in [1.29, 1.82) is 0 Å². The summed E-state index contributed by atoms with van der Waals surface area (Å²) in [5.74, 6) is 0.646. The van der Waals surface area contributed by atoms with Crippen molar-refractivity contribution >= 4 is 5.84 Å². The van der Waals surface area contributed by atoms with Crippen LogP contribution in [0.15, 0.2) is 29.4 Å². The second-order valence-electron chi connectivity index (χ2n) is 5.17. The molecule has 0 aromatic heterocycles. The average molecular weight is 263 g/mol. The van der Waals surface area contributed by atoms with Crippen LogP contribution in [0, 0.1) is 5.92 Å². The molecular formula is C14H21N3O2. The molecule has 0 radical (unpaired) electrons. The van der Waals surface area contributed by atoms with Gasteiger partial charge in [0.05, 0.1) is 6.61 Å². The molecule has 2 atom stereocenters. The topological polar surface area (TPSA) is 82.1 Å². The molecule has 1 aromatic rings. The first-order chi connectivity index (χ1) is 9.15. The number of nitrogens with two attached hydrogens (primary N) is 1. The maximum Gasteiger partial charge on any atom is 0.170 e. The smallest absolute Gasteiger partial charge is 0.170 e. The van der Waals surface area contributed by atoms with Crippen LogP contribution in [0.1, 0.15) is 24.5 Å². The zero-order valence-electron chi connectivity index (χ0n) is 11.2. The van der Waals surface area contributed by atoms with E-state index in [0.717, 1.165) is 25.1 Å². The van der Waals surface area contributed by atoms with Gasteiger partial charge in [-0.05, 0) is 30.5 Å². The van der Waals surface area contributed by atoms with E-state index in [1.54, 1.807) is 0 Å². The summed E-state index contributed by atoms with van der Waals surface area (Å²) in [5.41, 5.74) is 7.42. The molecule has 1 aliphatic heterocycles. The van der Waals surface area contributed by atoms with Gasteiger partial charge in [0.25, 0.3) is 0 Å². The molecule has 4 N–H and O–H groups in total. The molecule has 0 spiro atoms. The van der Waals surface area contributed by atoms with Crippen LogP contribution < -0.4 is 5.73 Å². The maximum atomic E-state index is 9.45. The highest BCUT2D eigenvalue weighted by molar-refractivity contribution is 5.97. The van der Waals surface area contributed by atoms with E-state index >= 15 is 0 Å². The number of hydrogen-bond donors (Lipinski definition) is 3. The van der Waals surface area contributed by atoms with Crippen LogP contribution in [0.25, 0.3) is 0 Å². The number of benzene rings is 1. The van der Waals surface area contributed by atoms with Gasteiger partial charge in [-0.2, -0.15) is 0 Å². The standard InChI is InChI=1S/C14H21N3O2/c1-10-5-6-17(13(10)9-18)8-11-3-2-4-12(7-11)14(15)16-19/h2-4,7,10,13,18-19H,5-6,8-9H2,1H3,(H2,15,16). The van der Waals surface area contributed by atoms with Crippen molar-refractivity contribution in [2.45, 2.75) is 25.9 Å². The molecule has 5 nitrogen and oxygen atoms in total. The summed E-state index contributed by atoms with van der Waals surface area (Å²) in [4.78, 5) is 2.29. The molecule has 1 aliphatic rings. The minimum absolute atomic E-state index is 0.121. The van der Waals surface area contributed by atoms with Crippen LogP contribution in [-0.2, 0) is 6.54 Å². The fourth-order valence-corrected chi connectivity index (χ4v) is 2.70. The first-order valence-electron chi connectivity index (χ1n) is 6.57. The second-order valence-corrected chi connectivity index (χ2v) is 5.17.